The topological polar surface area (TPSA) is 6.48 Å². The molecule has 0 aromatic heterocycles. The zero-order valence-corrected chi connectivity index (χ0v) is 11.9. The van der Waals surface area contributed by atoms with Crippen LogP contribution in [0.2, 0.25) is 0 Å². The standard InChI is InChI=1S/C14H28N2/c1-11(2)15-9-13(5)7-8-16(12(3)4)14(13,6)10-15/h11-12H,7-10H2,1-6H3/t13-,14+/m1/s1. The van der Waals surface area contributed by atoms with Gasteiger partial charge in [0, 0.05) is 36.1 Å². The Labute approximate surface area is 101 Å². The van der Waals surface area contributed by atoms with E-state index in [1.165, 1.54) is 26.1 Å². The molecule has 0 bridgehead atoms. The molecule has 2 heterocycles. The molecule has 0 unspecified atom stereocenters. The van der Waals surface area contributed by atoms with Crippen molar-refractivity contribution < 1.29 is 0 Å². The van der Waals surface area contributed by atoms with Crippen molar-refractivity contribution in [2.75, 3.05) is 19.6 Å². The molecule has 94 valence electrons. The summed E-state index contributed by atoms with van der Waals surface area (Å²) >= 11 is 0. The van der Waals surface area contributed by atoms with E-state index in [0.717, 1.165) is 0 Å². The average Bonchev–Trinajstić information content (AvgIpc) is 2.51. The van der Waals surface area contributed by atoms with Gasteiger partial charge in [0.2, 0.25) is 0 Å². The van der Waals surface area contributed by atoms with Crippen molar-refractivity contribution in [2.24, 2.45) is 5.41 Å². The summed E-state index contributed by atoms with van der Waals surface area (Å²) in [6.07, 6.45) is 1.37. The molecule has 0 saturated carbocycles. The second-order valence-electron chi connectivity index (χ2n) is 6.87. The van der Waals surface area contributed by atoms with E-state index >= 15 is 0 Å². The van der Waals surface area contributed by atoms with Gasteiger partial charge in [0.25, 0.3) is 0 Å². The molecule has 2 nitrogen and oxygen atoms in total. The van der Waals surface area contributed by atoms with Gasteiger partial charge in [-0.1, -0.05) is 6.92 Å². The van der Waals surface area contributed by atoms with Crippen molar-refractivity contribution in [3.8, 4) is 0 Å². The number of nitrogens with zero attached hydrogens (tertiary/aromatic N) is 2. The predicted octanol–water partition coefficient (Wildman–Crippen LogP) is 2.59. The van der Waals surface area contributed by atoms with Crippen LogP contribution in [0.4, 0.5) is 0 Å². The van der Waals surface area contributed by atoms with Crippen LogP contribution in [0, 0.1) is 5.41 Å². The van der Waals surface area contributed by atoms with Crippen molar-refractivity contribution in [1.29, 1.82) is 0 Å². The first-order valence-electron chi connectivity index (χ1n) is 6.81. The molecule has 0 aromatic carbocycles. The lowest BCUT2D eigenvalue weighted by molar-refractivity contribution is 0.0743. The molecule has 2 aliphatic heterocycles. The molecule has 2 aliphatic rings. The molecule has 2 fully saturated rings. The van der Waals surface area contributed by atoms with Crippen LogP contribution in [0.15, 0.2) is 0 Å². The Balaban J connectivity index is 2.25. The van der Waals surface area contributed by atoms with E-state index < -0.39 is 0 Å². The van der Waals surface area contributed by atoms with Crippen LogP contribution in [0.1, 0.15) is 48.0 Å². The van der Waals surface area contributed by atoms with Crippen LogP contribution < -0.4 is 0 Å². The molecule has 0 aromatic rings. The van der Waals surface area contributed by atoms with E-state index in [4.69, 9.17) is 0 Å². The summed E-state index contributed by atoms with van der Waals surface area (Å²) in [6, 6.07) is 1.37. The summed E-state index contributed by atoms with van der Waals surface area (Å²) in [6.45, 7) is 18.1. The van der Waals surface area contributed by atoms with Crippen molar-refractivity contribution in [1.82, 2.24) is 9.80 Å². The minimum atomic E-state index is 0.394. The summed E-state index contributed by atoms with van der Waals surface area (Å²) in [5, 5.41) is 0. The molecular weight excluding hydrogens is 196 g/mol. The Kier molecular flexibility index (Phi) is 2.87. The summed E-state index contributed by atoms with van der Waals surface area (Å²) in [4.78, 5) is 5.39. The van der Waals surface area contributed by atoms with E-state index in [-0.39, 0.29) is 0 Å². The Morgan fingerprint density at radius 2 is 1.56 bits per heavy atom. The molecule has 2 rings (SSSR count). The van der Waals surface area contributed by atoms with Gasteiger partial charge < -0.3 is 0 Å². The van der Waals surface area contributed by atoms with E-state index in [9.17, 15) is 0 Å². The molecule has 0 aliphatic carbocycles. The van der Waals surface area contributed by atoms with Crippen molar-refractivity contribution in [3.63, 3.8) is 0 Å². The molecule has 0 radical (unpaired) electrons. The molecule has 2 saturated heterocycles. The maximum atomic E-state index is 2.73. The van der Waals surface area contributed by atoms with Crippen LogP contribution in [0.5, 0.6) is 0 Å². The molecule has 16 heavy (non-hydrogen) atoms. The first-order chi connectivity index (χ1) is 7.30. The monoisotopic (exact) mass is 224 g/mol. The van der Waals surface area contributed by atoms with Crippen LogP contribution in [0.3, 0.4) is 0 Å². The fourth-order valence-corrected chi connectivity index (χ4v) is 3.85. The molecule has 0 N–H and O–H groups in total. The van der Waals surface area contributed by atoms with Gasteiger partial charge in [-0.05, 0) is 47.6 Å². The minimum absolute atomic E-state index is 0.394. The van der Waals surface area contributed by atoms with E-state index in [0.29, 0.717) is 23.0 Å². The second kappa shape index (κ2) is 3.71. The third-order valence-corrected chi connectivity index (χ3v) is 5.26. The van der Waals surface area contributed by atoms with Gasteiger partial charge in [-0.2, -0.15) is 0 Å². The zero-order chi connectivity index (χ0) is 12.1. The Hall–Kier alpha value is -0.0800. The Morgan fingerprint density at radius 1 is 0.938 bits per heavy atom. The van der Waals surface area contributed by atoms with Crippen LogP contribution in [-0.2, 0) is 0 Å². The van der Waals surface area contributed by atoms with Gasteiger partial charge in [0.05, 0.1) is 0 Å². The van der Waals surface area contributed by atoms with Gasteiger partial charge in [0.15, 0.2) is 0 Å². The lowest BCUT2D eigenvalue weighted by Gasteiger charge is -2.42. The number of hydrogen-bond donors (Lipinski definition) is 0. The minimum Gasteiger partial charge on any atom is -0.298 e. The highest BCUT2D eigenvalue weighted by Crippen LogP contribution is 2.51. The maximum absolute atomic E-state index is 2.73. The smallest absolute Gasteiger partial charge is 0.0377 e. The quantitative estimate of drug-likeness (QED) is 0.711. The molecule has 2 heteroatoms. The van der Waals surface area contributed by atoms with E-state index in [2.05, 4.69) is 51.3 Å². The third-order valence-electron chi connectivity index (χ3n) is 5.26. The predicted molar refractivity (Wildman–Crippen MR) is 69.7 cm³/mol. The van der Waals surface area contributed by atoms with Crippen molar-refractivity contribution in [3.05, 3.63) is 0 Å². The number of fused-ring (bicyclic) bond motifs is 1. The second-order valence-corrected chi connectivity index (χ2v) is 6.87. The van der Waals surface area contributed by atoms with E-state index in [1.807, 2.05) is 0 Å². The zero-order valence-electron chi connectivity index (χ0n) is 11.9. The van der Waals surface area contributed by atoms with Crippen molar-refractivity contribution in [2.45, 2.75) is 65.6 Å². The van der Waals surface area contributed by atoms with Gasteiger partial charge in [-0.25, -0.2) is 0 Å². The Bertz CT molecular complexity index is 274. The largest absolute Gasteiger partial charge is 0.298 e. The maximum Gasteiger partial charge on any atom is 0.0377 e. The fraction of sp³-hybridized carbons (Fsp3) is 1.00. The number of hydrogen-bond acceptors (Lipinski definition) is 2. The summed E-state index contributed by atoms with van der Waals surface area (Å²) in [7, 11) is 0. The SMILES string of the molecule is CC(C)N1C[C@@]2(C)CCN(C(C)C)[C@@]2(C)C1. The third kappa shape index (κ3) is 1.53. The summed E-state index contributed by atoms with van der Waals surface area (Å²) < 4.78 is 0. The number of rotatable bonds is 2. The van der Waals surface area contributed by atoms with E-state index in [1.54, 1.807) is 0 Å². The van der Waals surface area contributed by atoms with Crippen LogP contribution in [-0.4, -0.2) is 47.1 Å². The lowest BCUT2D eigenvalue weighted by Crippen LogP contribution is -2.53. The first-order valence-corrected chi connectivity index (χ1v) is 6.81. The highest BCUT2D eigenvalue weighted by atomic mass is 15.3. The molecule has 0 spiro atoms. The Morgan fingerprint density at radius 3 is 2.06 bits per heavy atom. The fourth-order valence-electron chi connectivity index (χ4n) is 3.85. The van der Waals surface area contributed by atoms with Gasteiger partial charge in [-0.15, -0.1) is 0 Å². The highest BCUT2D eigenvalue weighted by molar-refractivity contribution is 5.14. The highest BCUT2D eigenvalue weighted by Gasteiger charge is 2.59. The van der Waals surface area contributed by atoms with Crippen LogP contribution in [0.25, 0.3) is 0 Å². The average molecular weight is 224 g/mol. The first kappa shape index (κ1) is 12.4. The van der Waals surface area contributed by atoms with Gasteiger partial charge >= 0.3 is 0 Å². The van der Waals surface area contributed by atoms with Crippen LogP contribution >= 0.6 is 0 Å². The summed E-state index contributed by atoms with van der Waals surface area (Å²) in [5.74, 6) is 0. The van der Waals surface area contributed by atoms with Crippen molar-refractivity contribution >= 4 is 0 Å². The number of likely N-dealkylation sites (tertiary alicyclic amines) is 2. The van der Waals surface area contributed by atoms with Gasteiger partial charge in [-0.3, -0.25) is 9.80 Å². The summed E-state index contributed by atoms with van der Waals surface area (Å²) in [5.41, 5.74) is 0.896. The normalized spacial score (nSPS) is 41.2. The molecular formula is C14H28N2. The van der Waals surface area contributed by atoms with Gasteiger partial charge in [0.1, 0.15) is 0 Å². The lowest BCUT2D eigenvalue weighted by atomic mass is 9.75. The molecule has 0 amide bonds. The molecule has 2 atom stereocenters.